The van der Waals surface area contributed by atoms with E-state index >= 15 is 0 Å². The second-order valence-electron chi connectivity index (χ2n) is 6.18. The van der Waals surface area contributed by atoms with E-state index in [1.165, 1.54) is 24.2 Å². The van der Waals surface area contributed by atoms with Crippen molar-refractivity contribution in [3.05, 3.63) is 16.3 Å². The van der Waals surface area contributed by atoms with Gasteiger partial charge in [0.1, 0.15) is 0 Å². The quantitative estimate of drug-likeness (QED) is 0.835. The highest BCUT2D eigenvalue weighted by atomic mass is 32.2. The van der Waals surface area contributed by atoms with Gasteiger partial charge in [0.25, 0.3) is 0 Å². The van der Waals surface area contributed by atoms with Crippen LogP contribution >= 0.6 is 11.3 Å². The largest absolute Gasteiger partial charge is 0.381 e. The van der Waals surface area contributed by atoms with E-state index in [4.69, 9.17) is 4.74 Å². The summed E-state index contributed by atoms with van der Waals surface area (Å²) in [6.07, 6.45) is 3.90. The van der Waals surface area contributed by atoms with E-state index in [0.717, 1.165) is 11.4 Å². The Morgan fingerprint density at radius 3 is 2.76 bits per heavy atom. The molecule has 0 spiro atoms. The summed E-state index contributed by atoms with van der Waals surface area (Å²) in [7, 11) is -3.44. The molecule has 7 heteroatoms. The van der Waals surface area contributed by atoms with Crippen LogP contribution in [0.15, 0.2) is 16.3 Å². The molecule has 0 bridgehead atoms. The molecule has 0 atom stereocenters. The third kappa shape index (κ3) is 4.04. The second-order valence-corrected chi connectivity index (χ2v) is 8.86. The molecule has 1 aromatic rings. The lowest BCUT2D eigenvalue weighted by atomic mass is 9.94. The van der Waals surface area contributed by atoms with Crippen LogP contribution in [0.1, 0.15) is 37.5 Å². The number of nitrogens with one attached hydrogen (secondary N) is 2. The maximum atomic E-state index is 12.5. The monoisotopic (exact) mass is 330 g/mol. The fraction of sp³-hybridized carbons (Fsp3) is 0.714. The van der Waals surface area contributed by atoms with Gasteiger partial charge in [0, 0.05) is 41.6 Å². The van der Waals surface area contributed by atoms with E-state index in [2.05, 4.69) is 10.0 Å². The van der Waals surface area contributed by atoms with Gasteiger partial charge >= 0.3 is 0 Å². The Morgan fingerprint density at radius 1 is 1.38 bits per heavy atom. The third-order valence-electron chi connectivity index (χ3n) is 4.06. The Morgan fingerprint density at radius 2 is 2.10 bits per heavy atom. The predicted octanol–water partition coefficient (Wildman–Crippen LogP) is 1.85. The number of hydrogen-bond acceptors (Lipinski definition) is 5. The standard InChI is InChI=1S/C14H22N2O3S2/c1-14(4-6-19-7-5-14)16-21(17,18)13-8-12(20-10-13)9-15-11-2-3-11/h8,10-11,15-16H,2-7,9H2,1H3. The van der Waals surface area contributed by atoms with Crippen molar-refractivity contribution in [3.8, 4) is 0 Å². The molecule has 0 amide bonds. The highest BCUT2D eigenvalue weighted by molar-refractivity contribution is 7.89. The first-order chi connectivity index (χ1) is 9.97. The fourth-order valence-corrected chi connectivity index (χ4v) is 5.12. The van der Waals surface area contributed by atoms with Crippen molar-refractivity contribution in [2.75, 3.05) is 13.2 Å². The lowest BCUT2D eigenvalue weighted by Crippen LogP contribution is -2.49. The Hall–Kier alpha value is -0.470. The van der Waals surface area contributed by atoms with Crippen molar-refractivity contribution in [1.82, 2.24) is 10.0 Å². The topological polar surface area (TPSA) is 67.4 Å². The molecule has 2 heterocycles. The van der Waals surface area contributed by atoms with Crippen LogP contribution in [0.4, 0.5) is 0 Å². The summed E-state index contributed by atoms with van der Waals surface area (Å²) in [6, 6.07) is 2.41. The van der Waals surface area contributed by atoms with E-state index in [9.17, 15) is 8.42 Å². The van der Waals surface area contributed by atoms with E-state index in [-0.39, 0.29) is 0 Å². The summed E-state index contributed by atoms with van der Waals surface area (Å²) in [5.41, 5.74) is -0.397. The maximum Gasteiger partial charge on any atom is 0.241 e. The highest BCUT2D eigenvalue weighted by Crippen LogP contribution is 2.26. The number of ether oxygens (including phenoxy) is 1. The van der Waals surface area contributed by atoms with Gasteiger partial charge in [0.15, 0.2) is 0 Å². The van der Waals surface area contributed by atoms with Gasteiger partial charge in [-0.05, 0) is 38.7 Å². The van der Waals surface area contributed by atoms with E-state index in [1.807, 2.05) is 6.92 Å². The Labute approximate surface area is 130 Å². The normalized spacial score (nSPS) is 22.3. The van der Waals surface area contributed by atoms with Gasteiger partial charge in [0.2, 0.25) is 10.0 Å². The number of rotatable bonds is 6. The minimum atomic E-state index is -3.44. The molecule has 1 aliphatic carbocycles. The first-order valence-electron chi connectivity index (χ1n) is 7.39. The minimum absolute atomic E-state index is 0.382. The minimum Gasteiger partial charge on any atom is -0.381 e. The Bertz CT molecular complexity index is 587. The molecular formula is C14H22N2O3S2. The summed E-state index contributed by atoms with van der Waals surface area (Å²) in [5, 5.41) is 5.14. The van der Waals surface area contributed by atoms with E-state index in [1.54, 1.807) is 11.4 Å². The first-order valence-corrected chi connectivity index (χ1v) is 9.76. The fourth-order valence-electron chi connectivity index (χ4n) is 2.43. The predicted molar refractivity (Wildman–Crippen MR) is 83.0 cm³/mol. The highest BCUT2D eigenvalue weighted by Gasteiger charge is 2.33. The summed E-state index contributed by atoms with van der Waals surface area (Å²) < 4.78 is 33.2. The van der Waals surface area contributed by atoms with Crippen LogP contribution in [0.2, 0.25) is 0 Å². The van der Waals surface area contributed by atoms with Crippen molar-refractivity contribution in [2.24, 2.45) is 0 Å². The van der Waals surface area contributed by atoms with Crippen LogP contribution in [0.5, 0.6) is 0 Å². The number of thiophene rings is 1. The van der Waals surface area contributed by atoms with Gasteiger partial charge in [-0.15, -0.1) is 11.3 Å². The molecule has 21 heavy (non-hydrogen) atoms. The molecule has 118 valence electrons. The zero-order valence-electron chi connectivity index (χ0n) is 12.2. The molecule has 1 aliphatic heterocycles. The SMILES string of the molecule is CC1(NS(=O)(=O)c2csc(CNC3CC3)c2)CCOCC1. The van der Waals surface area contributed by atoms with Crippen LogP contribution in [0, 0.1) is 0 Å². The Balaban J connectivity index is 1.65. The smallest absolute Gasteiger partial charge is 0.241 e. The van der Waals surface area contributed by atoms with Gasteiger partial charge in [0.05, 0.1) is 4.90 Å². The van der Waals surface area contributed by atoms with Gasteiger partial charge in [-0.25, -0.2) is 13.1 Å². The molecule has 2 aliphatic rings. The zero-order valence-corrected chi connectivity index (χ0v) is 13.9. The Kier molecular flexibility index (Phi) is 4.38. The molecule has 0 aromatic carbocycles. The molecular weight excluding hydrogens is 308 g/mol. The van der Waals surface area contributed by atoms with Gasteiger partial charge in [-0.1, -0.05) is 0 Å². The van der Waals surface area contributed by atoms with Crippen molar-refractivity contribution in [1.29, 1.82) is 0 Å². The third-order valence-corrected chi connectivity index (χ3v) is 6.76. The van der Waals surface area contributed by atoms with E-state index < -0.39 is 15.6 Å². The molecule has 5 nitrogen and oxygen atoms in total. The van der Waals surface area contributed by atoms with Crippen molar-refractivity contribution >= 4 is 21.4 Å². The van der Waals surface area contributed by atoms with Gasteiger partial charge in [-0.3, -0.25) is 0 Å². The average molecular weight is 330 g/mol. The summed E-state index contributed by atoms with van der Waals surface area (Å²) in [6.45, 7) is 3.93. The first kappa shape index (κ1) is 15.4. The van der Waals surface area contributed by atoms with Crippen molar-refractivity contribution in [3.63, 3.8) is 0 Å². The molecule has 2 fully saturated rings. The molecule has 0 unspecified atom stereocenters. The van der Waals surface area contributed by atoms with E-state index in [0.29, 0.717) is 37.0 Å². The number of hydrogen-bond donors (Lipinski definition) is 2. The average Bonchev–Trinajstić information content (AvgIpc) is 3.12. The molecule has 2 N–H and O–H groups in total. The maximum absolute atomic E-state index is 12.5. The van der Waals surface area contributed by atoms with Gasteiger partial charge < -0.3 is 10.1 Å². The molecule has 3 rings (SSSR count). The lowest BCUT2D eigenvalue weighted by Gasteiger charge is -2.33. The van der Waals surface area contributed by atoms with Crippen LogP contribution in [0.3, 0.4) is 0 Å². The van der Waals surface area contributed by atoms with Crippen LogP contribution in [-0.2, 0) is 21.3 Å². The molecule has 1 aromatic heterocycles. The number of sulfonamides is 1. The van der Waals surface area contributed by atoms with Gasteiger partial charge in [-0.2, -0.15) is 0 Å². The van der Waals surface area contributed by atoms with Crippen molar-refractivity contribution in [2.45, 2.75) is 55.6 Å². The van der Waals surface area contributed by atoms with Crippen molar-refractivity contribution < 1.29 is 13.2 Å². The molecule has 1 saturated heterocycles. The zero-order chi connectivity index (χ0) is 14.9. The van der Waals surface area contributed by atoms with Crippen LogP contribution < -0.4 is 10.0 Å². The molecule has 1 saturated carbocycles. The second kappa shape index (κ2) is 5.96. The summed E-state index contributed by atoms with van der Waals surface area (Å²) in [4.78, 5) is 1.45. The summed E-state index contributed by atoms with van der Waals surface area (Å²) in [5.74, 6) is 0. The molecule has 0 radical (unpaired) electrons. The van der Waals surface area contributed by atoms with Crippen LogP contribution in [-0.4, -0.2) is 33.2 Å². The summed E-state index contributed by atoms with van der Waals surface area (Å²) >= 11 is 1.50. The van der Waals surface area contributed by atoms with Crippen LogP contribution in [0.25, 0.3) is 0 Å². The lowest BCUT2D eigenvalue weighted by molar-refractivity contribution is 0.0537.